The number of carboxylic acid groups (broad SMARTS) is 1. The van der Waals surface area contributed by atoms with Crippen molar-refractivity contribution in [2.75, 3.05) is 0 Å². The molecule has 0 bridgehead atoms. The monoisotopic (exact) mass is 460 g/mol. The van der Waals surface area contributed by atoms with Crippen molar-refractivity contribution >= 4 is 17.7 Å². The van der Waals surface area contributed by atoms with Gasteiger partial charge in [0.1, 0.15) is 5.60 Å². The highest BCUT2D eigenvalue weighted by Gasteiger charge is 2.70. The molecule has 0 aromatic rings. The van der Waals surface area contributed by atoms with E-state index in [1.54, 1.807) is 32.9 Å². The van der Waals surface area contributed by atoms with Crippen LogP contribution < -0.4 is 0 Å². The maximum atomic E-state index is 12.6. The van der Waals surface area contributed by atoms with E-state index in [1.807, 2.05) is 13.0 Å². The van der Waals surface area contributed by atoms with Crippen molar-refractivity contribution < 1.29 is 34.4 Å². The molecular weight excluding hydrogens is 424 g/mol. The number of carbonyl (C=O) groups is 3. The van der Waals surface area contributed by atoms with Gasteiger partial charge < -0.3 is 20.1 Å². The van der Waals surface area contributed by atoms with Crippen LogP contribution in [0.15, 0.2) is 23.8 Å². The number of hydrogen-bond acceptors (Lipinski definition) is 6. The summed E-state index contributed by atoms with van der Waals surface area (Å²) in [5.74, 6) is -2.18. The van der Waals surface area contributed by atoms with Crippen molar-refractivity contribution in [3.8, 4) is 0 Å². The van der Waals surface area contributed by atoms with Crippen LogP contribution in [0, 0.1) is 34.0 Å². The molecule has 0 aromatic carbocycles. The Morgan fingerprint density at radius 2 is 1.88 bits per heavy atom. The molecule has 0 spiro atoms. The molecule has 182 valence electrons. The summed E-state index contributed by atoms with van der Waals surface area (Å²) in [5, 5.41) is 33.3. The molecule has 3 fully saturated rings. The van der Waals surface area contributed by atoms with Gasteiger partial charge in [-0.2, -0.15) is 0 Å². The smallest absolute Gasteiger partial charge is 0.348 e. The second-order valence-electron chi connectivity index (χ2n) is 12.0. The van der Waals surface area contributed by atoms with Gasteiger partial charge in [0, 0.05) is 16.7 Å². The number of aliphatic carboxylic acids is 1. The fraction of sp³-hybridized carbons (Fsp3) is 0.731. The van der Waals surface area contributed by atoms with Gasteiger partial charge in [0.15, 0.2) is 5.78 Å². The minimum Gasteiger partial charge on any atom is -0.478 e. The minimum absolute atomic E-state index is 0.0312. The Labute approximate surface area is 194 Å². The van der Waals surface area contributed by atoms with E-state index in [0.717, 1.165) is 18.4 Å². The average Bonchev–Trinajstić information content (AvgIpc) is 2.96. The van der Waals surface area contributed by atoms with Gasteiger partial charge >= 0.3 is 11.9 Å². The molecule has 4 rings (SSSR count). The molecule has 0 heterocycles. The van der Waals surface area contributed by atoms with Crippen LogP contribution in [0.1, 0.15) is 66.7 Å². The van der Waals surface area contributed by atoms with Gasteiger partial charge in [0.2, 0.25) is 6.10 Å². The Balaban J connectivity index is 1.70. The zero-order chi connectivity index (χ0) is 24.6. The van der Waals surface area contributed by atoms with Crippen molar-refractivity contribution in [3.05, 3.63) is 23.8 Å². The lowest BCUT2D eigenvalue weighted by Gasteiger charge is -2.60. The fourth-order valence-electron chi connectivity index (χ4n) is 7.43. The lowest BCUT2D eigenvalue weighted by molar-refractivity contribution is -0.220. The van der Waals surface area contributed by atoms with Crippen LogP contribution in [0.2, 0.25) is 0 Å². The maximum Gasteiger partial charge on any atom is 0.348 e. The minimum atomic E-state index is -1.79. The molecule has 0 aliphatic heterocycles. The first-order valence-electron chi connectivity index (χ1n) is 11.9. The van der Waals surface area contributed by atoms with Crippen LogP contribution in [0.25, 0.3) is 0 Å². The predicted octanol–water partition coefficient (Wildman–Crippen LogP) is 3.04. The van der Waals surface area contributed by atoms with E-state index >= 15 is 0 Å². The van der Waals surface area contributed by atoms with Crippen molar-refractivity contribution in [1.29, 1.82) is 0 Å². The molecule has 0 saturated heterocycles. The van der Waals surface area contributed by atoms with Crippen molar-refractivity contribution in [2.45, 2.75) is 84.5 Å². The van der Waals surface area contributed by atoms with E-state index in [0.29, 0.717) is 6.42 Å². The van der Waals surface area contributed by atoms with Gasteiger partial charge in [0.05, 0.1) is 11.5 Å². The maximum absolute atomic E-state index is 12.6. The number of hydrogen-bond donors (Lipinski definition) is 3. The van der Waals surface area contributed by atoms with Gasteiger partial charge in [-0.05, 0) is 76.9 Å². The quantitative estimate of drug-likeness (QED) is 0.554. The molecule has 8 atom stereocenters. The molecule has 0 amide bonds. The highest BCUT2D eigenvalue weighted by atomic mass is 16.6. The van der Waals surface area contributed by atoms with Crippen LogP contribution in [0.4, 0.5) is 0 Å². The van der Waals surface area contributed by atoms with Crippen molar-refractivity contribution in [3.63, 3.8) is 0 Å². The number of fused-ring (bicyclic) bond motifs is 5. The SMILES string of the molecule is CC(C)(C)C(=O)O[C@H](C(=O)O)[C@@]1(O)CC[C@H]2[C@@H]3CCC4=CC(=O)C=C[C@]4(C)[C@H]3[C@@H](O)C[C@@]21C. The van der Waals surface area contributed by atoms with E-state index in [-0.39, 0.29) is 36.4 Å². The van der Waals surface area contributed by atoms with E-state index < -0.39 is 46.0 Å². The first kappa shape index (κ1) is 24.1. The molecule has 3 saturated carbocycles. The summed E-state index contributed by atoms with van der Waals surface area (Å²) in [7, 11) is 0. The summed E-state index contributed by atoms with van der Waals surface area (Å²) in [4.78, 5) is 36.8. The van der Waals surface area contributed by atoms with E-state index in [4.69, 9.17) is 4.74 Å². The summed E-state index contributed by atoms with van der Waals surface area (Å²) in [6.07, 6.45) is 5.16. The highest BCUT2D eigenvalue weighted by molar-refractivity contribution is 6.01. The number of esters is 1. The largest absolute Gasteiger partial charge is 0.478 e. The molecule has 4 aliphatic rings. The van der Waals surface area contributed by atoms with Gasteiger partial charge in [-0.1, -0.05) is 25.5 Å². The van der Waals surface area contributed by atoms with Crippen LogP contribution in [0.5, 0.6) is 0 Å². The second kappa shape index (κ2) is 7.51. The summed E-state index contributed by atoms with van der Waals surface area (Å²) < 4.78 is 5.44. The Morgan fingerprint density at radius 3 is 2.48 bits per heavy atom. The van der Waals surface area contributed by atoms with Gasteiger partial charge in [-0.3, -0.25) is 9.59 Å². The Hall–Kier alpha value is -1.99. The first-order valence-corrected chi connectivity index (χ1v) is 11.9. The Bertz CT molecular complexity index is 943. The molecule has 33 heavy (non-hydrogen) atoms. The van der Waals surface area contributed by atoms with Crippen LogP contribution >= 0.6 is 0 Å². The molecule has 0 radical (unpaired) electrons. The normalized spacial score (nSPS) is 43.1. The number of allylic oxidation sites excluding steroid dienone is 4. The summed E-state index contributed by atoms with van der Waals surface area (Å²) in [6.45, 7) is 8.84. The van der Waals surface area contributed by atoms with Crippen molar-refractivity contribution in [2.24, 2.45) is 34.0 Å². The molecule has 4 aliphatic carbocycles. The number of rotatable bonds is 3. The molecule has 7 heteroatoms. The standard InChI is InChI=1S/C26H36O7/c1-23(2,3)22(31)33-20(21(29)30)26(32)11-9-17-16-7-6-14-12-15(27)8-10-24(14,4)19(16)18(28)13-25(17,26)5/h8,10,12,16-20,28,32H,6-7,9,11,13H2,1-5H3,(H,29,30)/t16-,17-,18-,19+,20+,24-,25-,26-/m0/s1. The van der Waals surface area contributed by atoms with Crippen LogP contribution in [-0.4, -0.2) is 50.9 Å². The third kappa shape index (κ3) is 3.42. The summed E-state index contributed by atoms with van der Waals surface area (Å²) in [6, 6.07) is 0. The van der Waals surface area contributed by atoms with Crippen molar-refractivity contribution in [1.82, 2.24) is 0 Å². The van der Waals surface area contributed by atoms with E-state index in [2.05, 4.69) is 6.92 Å². The third-order valence-electron chi connectivity index (χ3n) is 9.21. The zero-order valence-electron chi connectivity index (χ0n) is 20.1. The zero-order valence-corrected chi connectivity index (χ0v) is 20.1. The lowest BCUT2D eigenvalue weighted by atomic mass is 9.46. The van der Waals surface area contributed by atoms with Crippen LogP contribution in [-0.2, 0) is 19.1 Å². The molecule has 7 nitrogen and oxygen atoms in total. The average molecular weight is 461 g/mol. The fourth-order valence-corrected chi connectivity index (χ4v) is 7.43. The van der Waals surface area contributed by atoms with Gasteiger partial charge in [-0.15, -0.1) is 0 Å². The number of aliphatic hydroxyl groups is 2. The molecule has 3 N–H and O–H groups in total. The third-order valence-corrected chi connectivity index (χ3v) is 9.21. The molecule has 0 unspecified atom stereocenters. The highest BCUT2D eigenvalue weighted by Crippen LogP contribution is 2.67. The summed E-state index contributed by atoms with van der Waals surface area (Å²) >= 11 is 0. The van der Waals surface area contributed by atoms with E-state index in [9.17, 15) is 29.7 Å². The lowest BCUT2D eigenvalue weighted by Crippen LogP contribution is -2.64. The number of carbonyl (C=O) groups excluding carboxylic acids is 2. The number of ether oxygens (including phenoxy) is 1. The topological polar surface area (TPSA) is 121 Å². The summed E-state index contributed by atoms with van der Waals surface area (Å²) in [5.41, 5.74) is -3.03. The van der Waals surface area contributed by atoms with Gasteiger partial charge in [0.25, 0.3) is 0 Å². The number of carboxylic acids is 1. The number of ketones is 1. The first-order chi connectivity index (χ1) is 15.1. The predicted molar refractivity (Wildman–Crippen MR) is 120 cm³/mol. The van der Waals surface area contributed by atoms with Gasteiger partial charge in [-0.25, -0.2) is 4.79 Å². The number of aliphatic hydroxyl groups excluding tert-OH is 1. The Kier molecular flexibility index (Phi) is 5.49. The molecule has 0 aromatic heterocycles. The second-order valence-corrected chi connectivity index (χ2v) is 12.0. The molecular formula is C26H36O7. The van der Waals surface area contributed by atoms with E-state index in [1.165, 1.54) is 0 Å². The van der Waals surface area contributed by atoms with Crippen LogP contribution in [0.3, 0.4) is 0 Å². The Morgan fingerprint density at radius 1 is 1.21 bits per heavy atom.